The van der Waals surface area contributed by atoms with Crippen LogP contribution in [0.2, 0.25) is 0 Å². The molecule has 0 spiro atoms. The van der Waals surface area contributed by atoms with Crippen LogP contribution in [-0.2, 0) is 6.18 Å². The van der Waals surface area contributed by atoms with Gasteiger partial charge in [-0.3, -0.25) is 4.99 Å². The van der Waals surface area contributed by atoms with Crippen molar-refractivity contribution in [2.45, 2.75) is 39.4 Å². The van der Waals surface area contributed by atoms with Crippen LogP contribution in [-0.4, -0.2) is 17.0 Å². The van der Waals surface area contributed by atoms with Crippen LogP contribution in [0.1, 0.15) is 32.8 Å². The first-order valence-electron chi connectivity index (χ1n) is 6.82. The number of alkyl halides is 3. The first kappa shape index (κ1) is 16.2. The fourth-order valence-corrected chi connectivity index (χ4v) is 3.08. The molecule has 0 amide bonds. The lowest BCUT2D eigenvalue weighted by Gasteiger charge is -2.31. The molecule has 1 aliphatic heterocycles. The number of hydrogen-bond acceptors (Lipinski definition) is 3. The molecule has 0 radical (unpaired) electrons. The standard InChI is InChI=1S/C15H19F3N2S/c1-14(2,3)12-8-9-21-13(20-12)19-11-7-5-4-6-10(11)15(16,17)18/h4-7,12H,8-9H2,1-3H3,(H,19,20). The number of nitrogens with zero attached hydrogens (tertiary/aromatic N) is 1. The van der Waals surface area contributed by atoms with Crippen molar-refractivity contribution in [1.82, 2.24) is 0 Å². The van der Waals surface area contributed by atoms with Crippen LogP contribution >= 0.6 is 11.8 Å². The van der Waals surface area contributed by atoms with Gasteiger partial charge in [0.1, 0.15) is 0 Å². The number of halogens is 3. The van der Waals surface area contributed by atoms with Crippen molar-refractivity contribution in [1.29, 1.82) is 0 Å². The number of nitrogens with one attached hydrogen (secondary N) is 1. The number of benzene rings is 1. The number of aliphatic imine (C=N–C) groups is 1. The van der Waals surface area contributed by atoms with E-state index in [1.807, 2.05) is 0 Å². The molecule has 0 bridgehead atoms. The molecule has 0 fully saturated rings. The van der Waals surface area contributed by atoms with E-state index in [0.29, 0.717) is 5.17 Å². The Morgan fingerprint density at radius 2 is 1.86 bits per heavy atom. The Balaban J connectivity index is 2.25. The number of amidine groups is 1. The number of thioether (sulfide) groups is 1. The Labute approximate surface area is 127 Å². The summed E-state index contributed by atoms with van der Waals surface area (Å²) in [7, 11) is 0. The van der Waals surface area contributed by atoms with Gasteiger partial charge in [0.05, 0.1) is 17.3 Å². The summed E-state index contributed by atoms with van der Waals surface area (Å²) >= 11 is 1.47. The van der Waals surface area contributed by atoms with Gasteiger partial charge >= 0.3 is 6.18 Å². The molecule has 116 valence electrons. The number of para-hydroxylation sites is 1. The van der Waals surface area contributed by atoms with E-state index >= 15 is 0 Å². The fourth-order valence-electron chi connectivity index (χ4n) is 2.16. The lowest BCUT2D eigenvalue weighted by Crippen LogP contribution is -2.30. The highest BCUT2D eigenvalue weighted by Gasteiger charge is 2.34. The van der Waals surface area contributed by atoms with Gasteiger partial charge in [-0.1, -0.05) is 44.7 Å². The zero-order valence-corrected chi connectivity index (χ0v) is 13.1. The lowest BCUT2D eigenvalue weighted by atomic mass is 9.85. The molecule has 2 nitrogen and oxygen atoms in total. The van der Waals surface area contributed by atoms with Crippen LogP contribution < -0.4 is 5.32 Å². The molecular formula is C15H19F3N2S. The van der Waals surface area contributed by atoms with Crippen molar-refractivity contribution in [2.75, 3.05) is 11.1 Å². The molecule has 1 atom stereocenters. The molecule has 1 aromatic rings. The predicted molar refractivity (Wildman–Crippen MR) is 82.8 cm³/mol. The molecule has 0 saturated heterocycles. The van der Waals surface area contributed by atoms with E-state index in [1.54, 1.807) is 6.07 Å². The molecule has 1 aliphatic rings. The summed E-state index contributed by atoms with van der Waals surface area (Å²) in [4.78, 5) is 4.57. The van der Waals surface area contributed by atoms with Crippen molar-refractivity contribution < 1.29 is 13.2 Å². The van der Waals surface area contributed by atoms with E-state index in [4.69, 9.17) is 0 Å². The van der Waals surface area contributed by atoms with Gasteiger partial charge in [0.25, 0.3) is 0 Å². The highest BCUT2D eigenvalue weighted by molar-refractivity contribution is 8.14. The van der Waals surface area contributed by atoms with Gasteiger partial charge in [-0.05, 0) is 24.0 Å². The van der Waals surface area contributed by atoms with E-state index in [-0.39, 0.29) is 17.1 Å². The summed E-state index contributed by atoms with van der Waals surface area (Å²) in [5.41, 5.74) is -0.589. The molecule has 1 unspecified atom stereocenters. The maximum Gasteiger partial charge on any atom is 0.418 e. The summed E-state index contributed by atoms with van der Waals surface area (Å²) in [6.07, 6.45) is -3.42. The zero-order chi connectivity index (χ0) is 15.7. The molecular weight excluding hydrogens is 297 g/mol. The SMILES string of the molecule is CC(C)(C)C1CCSC(Nc2ccccc2C(F)(F)F)=N1. The monoisotopic (exact) mass is 316 g/mol. The average Bonchev–Trinajstić information content (AvgIpc) is 2.37. The first-order chi connectivity index (χ1) is 9.68. The molecule has 2 rings (SSSR count). The van der Waals surface area contributed by atoms with Crippen LogP contribution in [0.4, 0.5) is 18.9 Å². The molecule has 1 N–H and O–H groups in total. The third-order valence-corrected chi connectivity index (χ3v) is 4.30. The van der Waals surface area contributed by atoms with Gasteiger partial charge in [0, 0.05) is 5.75 Å². The van der Waals surface area contributed by atoms with Crippen LogP contribution in [0.25, 0.3) is 0 Å². The third-order valence-electron chi connectivity index (χ3n) is 3.38. The fraction of sp³-hybridized carbons (Fsp3) is 0.533. The molecule has 6 heteroatoms. The smallest absolute Gasteiger partial charge is 0.334 e. The highest BCUT2D eigenvalue weighted by Crippen LogP contribution is 2.36. The van der Waals surface area contributed by atoms with Crippen LogP contribution in [0, 0.1) is 5.41 Å². The van der Waals surface area contributed by atoms with Crippen molar-refractivity contribution in [3.63, 3.8) is 0 Å². The third kappa shape index (κ3) is 4.15. The molecule has 1 aromatic carbocycles. The van der Waals surface area contributed by atoms with E-state index in [0.717, 1.165) is 18.2 Å². The molecule has 0 aliphatic carbocycles. The van der Waals surface area contributed by atoms with Crippen molar-refractivity contribution in [3.05, 3.63) is 29.8 Å². The Kier molecular flexibility index (Phi) is 4.56. The van der Waals surface area contributed by atoms with Crippen LogP contribution in [0.3, 0.4) is 0 Å². The second-order valence-electron chi connectivity index (χ2n) is 6.12. The molecule has 1 heterocycles. The summed E-state index contributed by atoms with van der Waals surface area (Å²) in [5, 5.41) is 3.42. The maximum absolute atomic E-state index is 13.0. The van der Waals surface area contributed by atoms with Gasteiger partial charge in [-0.15, -0.1) is 0 Å². The first-order valence-corrected chi connectivity index (χ1v) is 7.80. The predicted octanol–water partition coefficient (Wildman–Crippen LogP) is 5.02. The quantitative estimate of drug-likeness (QED) is 0.786. The largest absolute Gasteiger partial charge is 0.418 e. The van der Waals surface area contributed by atoms with Gasteiger partial charge < -0.3 is 5.32 Å². The van der Waals surface area contributed by atoms with Crippen molar-refractivity contribution in [3.8, 4) is 0 Å². The summed E-state index contributed by atoms with van der Waals surface area (Å²) in [6.45, 7) is 6.29. The van der Waals surface area contributed by atoms with Gasteiger partial charge in [-0.2, -0.15) is 13.2 Å². The summed E-state index contributed by atoms with van der Waals surface area (Å²) in [6, 6.07) is 5.62. The second-order valence-corrected chi connectivity index (χ2v) is 7.21. The number of anilines is 1. The normalized spacial score (nSPS) is 20.1. The Morgan fingerprint density at radius 3 is 2.48 bits per heavy atom. The van der Waals surface area contributed by atoms with E-state index in [2.05, 4.69) is 31.1 Å². The Morgan fingerprint density at radius 1 is 1.19 bits per heavy atom. The number of rotatable bonds is 1. The van der Waals surface area contributed by atoms with Gasteiger partial charge in [0.2, 0.25) is 0 Å². The van der Waals surface area contributed by atoms with E-state index in [9.17, 15) is 13.2 Å². The zero-order valence-electron chi connectivity index (χ0n) is 12.3. The van der Waals surface area contributed by atoms with Crippen LogP contribution in [0.15, 0.2) is 29.3 Å². The number of hydrogen-bond donors (Lipinski definition) is 1. The minimum Gasteiger partial charge on any atom is -0.334 e. The summed E-state index contributed by atoms with van der Waals surface area (Å²) < 4.78 is 38.9. The Hall–Kier alpha value is -1.17. The minimum atomic E-state index is -4.37. The minimum absolute atomic E-state index is 0.0114. The van der Waals surface area contributed by atoms with Gasteiger partial charge in [-0.25, -0.2) is 0 Å². The molecule has 21 heavy (non-hydrogen) atoms. The lowest BCUT2D eigenvalue weighted by molar-refractivity contribution is -0.136. The van der Waals surface area contributed by atoms with Crippen molar-refractivity contribution in [2.24, 2.45) is 10.4 Å². The highest BCUT2D eigenvalue weighted by atomic mass is 32.2. The second kappa shape index (κ2) is 5.91. The van der Waals surface area contributed by atoms with Crippen LogP contribution in [0.5, 0.6) is 0 Å². The van der Waals surface area contributed by atoms with E-state index < -0.39 is 11.7 Å². The summed E-state index contributed by atoms with van der Waals surface area (Å²) in [5.74, 6) is 0.863. The molecule has 0 aromatic heterocycles. The maximum atomic E-state index is 13.0. The van der Waals surface area contributed by atoms with Crippen molar-refractivity contribution >= 4 is 22.6 Å². The topological polar surface area (TPSA) is 24.4 Å². The van der Waals surface area contributed by atoms with E-state index in [1.165, 1.54) is 23.9 Å². The van der Waals surface area contributed by atoms with Gasteiger partial charge in [0.15, 0.2) is 5.17 Å². The molecule has 0 saturated carbocycles. The average molecular weight is 316 g/mol. The Bertz CT molecular complexity index is 532.